The third kappa shape index (κ3) is 7.02. The van der Waals surface area contributed by atoms with E-state index in [9.17, 15) is 9.59 Å². The summed E-state index contributed by atoms with van der Waals surface area (Å²) in [6.07, 6.45) is 5.11. The average Bonchev–Trinajstić information content (AvgIpc) is 2.52. The lowest BCUT2D eigenvalue weighted by molar-refractivity contribution is -0.409. The lowest BCUT2D eigenvalue weighted by Crippen LogP contribution is -2.64. The SMILES string of the molecule is COc1c(Br)cc(/C=C/C(=O)NCCCC[C@@H]([NH3+])C(=O)O)cc1Br. The summed E-state index contributed by atoms with van der Waals surface area (Å²) in [4.78, 5) is 22.4. The van der Waals surface area contributed by atoms with Crippen molar-refractivity contribution >= 4 is 49.8 Å². The van der Waals surface area contributed by atoms with E-state index in [4.69, 9.17) is 9.84 Å². The molecule has 6 nitrogen and oxygen atoms in total. The highest BCUT2D eigenvalue weighted by Gasteiger charge is 2.14. The number of aliphatic carboxylic acids is 1. The summed E-state index contributed by atoms with van der Waals surface area (Å²) >= 11 is 6.82. The second-order valence-electron chi connectivity index (χ2n) is 5.17. The standard InChI is InChI=1S/C16H20Br2N2O4/c1-24-15-11(17)8-10(9-12(15)18)5-6-14(21)20-7-3-2-4-13(19)16(22)23/h5-6,8-9,13H,2-4,7,19H2,1H3,(H,20,21)(H,22,23)/p+1/b6-5+/t13-/m1/s1. The molecule has 1 amide bonds. The summed E-state index contributed by atoms with van der Waals surface area (Å²) < 4.78 is 6.81. The Morgan fingerprint density at radius 3 is 2.50 bits per heavy atom. The molecule has 1 aromatic rings. The molecule has 0 aliphatic rings. The Balaban J connectivity index is 2.40. The second-order valence-corrected chi connectivity index (χ2v) is 6.88. The number of carboxylic acids is 1. The van der Waals surface area contributed by atoms with Gasteiger partial charge in [-0.25, -0.2) is 4.79 Å². The highest BCUT2D eigenvalue weighted by molar-refractivity contribution is 9.11. The van der Waals surface area contributed by atoms with Crippen LogP contribution < -0.4 is 15.8 Å². The zero-order valence-electron chi connectivity index (χ0n) is 13.4. The molecule has 0 saturated carbocycles. The van der Waals surface area contributed by atoms with Gasteiger partial charge in [-0.2, -0.15) is 0 Å². The highest BCUT2D eigenvalue weighted by atomic mass is 79.9. The number of quaternary nitrogens is 1. The summed E-state index contributed by atoms with van der Waals surface area (Å²) in [5.41, 5.74) is 4.40. The molecule has 0 saturated heterocycles. The topological polar surface area (TPSA) is 103 Å². The summed E-state index contributed by atoms with van der Waals surface area (Å²) in [6, 6.07) is 3.12. The van der Waals surface area contributed by atoms with Crippen LogP contribution in [0.15, 0.2) is 27.2 Å². The van der Waals surface area contributed by atoms with Crippen molar-refractivity contribution in [3.8, 4) is 5.75 Å². The van der Waals surface area contributed by atoms with Gasteiger partial charge in [0.25, 0.3) is 0 Å². The van der Waals surface area contributed by atoms with Gasteiger partial charge in [0, 0.05) is 19.0 Å². The molecular weight excluding hydrogens is 444 g/mol. The number of hydrogen-bond donors (Lipinski definition) is 3. The van der Waals surface area contributed by atoms with E-state index in [1.54, 1.807) is 13.2 Å². The molecule has 0 aromatic heterocycles. The van der Waals surface area contributed by atoms with E-state index in [0.29, 0.717) is 25.1 Å². The van der Waals surface area contributed by atoms with Crippen LogP contribution in [0.5, 0.6) is 5.75 Å². The number of ether oxygens (including phenoxy) is 1. The first-order valence-electron chi connectivity index (χ1n) is 7.40. The number of halogens is 2. The minimum Gasteiger partial charge on any atom is -0.494 e. The number of rotatable bonds is 9. The first kappa shape index (κ1) is 20.7. The minimum absolute atomic E-state index is 0.192. The molecule has 0 unspecified atom stereocenters. The lowest BCUT2D eigenvalue weighted by atomic mass is 10.1. The van der Waals surface area contributed by atoms with Gasteiger partial charge in [-0.3, -0.25) is 4.79 Å². The van der Waals surface area contributed by atoms with Gasteiger partial charge in [0.2, 0.25) is 5.91 Å². The third-order valence-corrected chi connectivity index (χ3v) is 4.46. The molecule has 0 radical (unpaired) electrons. The minimum atomic E-state index is -0.890. The summed E-state index contributed by atoms with van der Waals surface area (Å²) in [5.74, 6) is -0.386. The van der Waals surface area contributed by atoms with E-state index < -0.39 is 12.0 Å². The fourth-order valence-corrected chi connectivity index (χ4v) is 3.50. The number of nitrogens with one attached hydrogen (secondary N) is 1. The van der Waals surface area contributed by atoms with Crippen molar-refractivity contribution in [2.75, 3.05) is 13.7 Å². The van der Waals surface area contributed by atoms with Crippen molar-refractivity contribution in [3.63, 3.8) is 0 Å². The summed E-state index contributed by atoms with van der Waals surface area (Å²) in [5, 5.41) is 11.5. The molecule has 0 fully saturated rings. The Hall–Kier alpha value is -1.38. The predicted octanol–water partition coefficient (Wildman–Crippen LogP) is 2.21. The quantitative estimate of drug-likeness (QED) is 0.385. The van der Waals surface area contributed by atoms with Gasteiger partial charge in [-0.15, -0.1) is 0 Å². The molecule has 0 aliphatic heterocycles. The van der Waals surface area contributed by atoms with Crippen molar-refractivity contribution in [2.24, 2.45) is 0 Å². The number of methoxy groups -OCH3 is 1. The Labute approximate surface area is 157 Å². The molecule has 0 aliphatic carbocycles. The van der Waals surface area contributed by atoms with E-state index in [0.717, 1.165) is 20.9 Å². The molecule has 1 rings (SSSR count). The number of carbonyl (C=O) groups excluding carboxylic acids is 1. The largest absolute Gasteiger partial charge is 0.494 e. The van der Waals surface area contributed by atoms with Crippen LogP contribution in [0.25, 0.3) is 6.08 Å². The molecule has 0 spiro atoms. The first-order valence-corrected chi connectivity index (χ1v) is 8.98. The van der Waals surface area contributed by atoms with E-state index >= 15 is 0 Å². The van der Waals surface area contributed by atoms with E-state index in [2.05, 4.69) is 42.9 Å². The van der Waals surface area contributed by atoms with Crippen molar-refractivity contribution in [1.82, 2.24) is 5.32 Å². The van der Waals surface area contributed by atoms with Crippen molar-refractivity contribution in [2.45, 2.75) is 25.3 Å². The normalized spacial score (nSPS) is 12.2. The van der Waals surface area contributed by atoms with Gasteiger partial charge in [0.05, 0.1) is 16.1 Å². The van der Waals surface area contributed by atoms with Crippen LogP contribution in [-0.4, -0.2) is 36.7 Å². The number of benzene rings is 1. The number of carbonyl (C=O) groups is 2. The summed E-state index contributed by atoms with van der Waals surface area (Å²) in [6.45, 7) is 0.505. The molecule has 132 valence electrons. The van der Waals surface area contributed by atoms with Gasteiger partial charge >= 0.3 is 5.97 Å². The van der Waals surface area contributed by atoms with Crippen LogP contribution in [0.3, 0.4) is 0 Å². The monoisotopic (exact) mass is 463 g/mol. The molecule has 0 heterocycles. The average molecular weight is 465 g/mol. The van der Waals surface area contributed by atoms with Crippen LogP contribution in [0.1, 0.15) is 24.8 Å². The first-order chi connectivity index (χ1) is 11.3. The number of unbranched alkanes of at least 4 members (excludes halogenated alkanes) is 1. The van der Waals surface area contributed by atoms with E-state index in [1.165, 1.54) is 6.08 Å². The number of amides is 1. The predicted molar refractivity (Wildman–Crippen MR) is 98.6 cm³/mol. The second kappa shape index (κ2) is 10.5. The van der Waals surface area contributed by atoms with Crippen molar-refractivity contribution < 1.29 is 25.2 Å². The van der Waals surface area contributed by atoms with Gasteiger partial charge in [0.1, 0.15) is 5.75 Å². The highest BCUT2D eigenvalue weighted by Crippen LogP contribution is 2.34. The Morgan fingerprint density at radius 1 is 1.33 bits per heavy atom. The Morgan fingerprint density at radius 2 is 1.96 bits per heavy atom. The molecule has 1 aromatic carbocycles. The zero-order valence-corrected chi connectivity index (χ0v) is 16.5. The maximum Gasteiger partial charge on any atom is 0.362 e. The van der Waals surface area contributed by atoms with Crippen molar-refractivity contribution in [3.05, 3.63) is 32.7 Å². The summed E-state index contributed by atoms with van der Waals surface area (Å²) in [7, 11) is 1.58. The molecule has 8 heteroatoms. The molecule has 1 atom stereocenters. The van der Waals surface area contributed by atoms with Crippen molar-refractivity contribution in [1.29, 1.82) is 0 Å². The molecule has 5 N–H and O–H groups in total. The van der Waals surface area contributed by atoms with Gasteiger partial charge in [-0.05, 0) is 68.5 Å². The number of hydrogen-bond acceptors (Lipinski definition) is 3. The van der Waals surface area contributed by atoms with Crippen LogP contribution in [0.2, 0.25) is 0 Å². The van der Waals surface area contributed by atoms with Crippen LogP contribution in [-0.2, 0) is 9.59 Å². The van der Waals surface area contributed by atoms with Crippen LogP contribution >= 0.6 is 31.9 Å². The van der Waals surface area contributed by atoms with E-state index in [-0.39, 0.29) is 5.91 Å². The van der Waals surface area contributed by atoms with Crippen LogP contribution in [0, 0.1) is 0 Å². The molecular formula is C16H21Br2N2O4+. The smallest absolute Gasteiger partial charge is 0.362 e. The fourth-order valence-electron chi connectivity index (χ4n) is 1.95. The van der Waals surface area contributed by atoms with Crippen LogP contribution in [0.4, 0.5) is 0 Å². The van der Waals surface area contributed by atoms with Gasteiger partial charge < -0.3 is 20.9 Å². The molecule has 24 heavy (non-hydrogen) atoms. The Bertz CT molecular complexity index is 597. The maximum atomic E-state index is 11.8. The fraction of sp³-hybridized carbons (Fsp3) is 0.375. The lowest BCUT2D eigenvalue weighted by Gasteiger charge is -2.07. The molecule has 0 bridgehead atoms. The maximum absolute atomic E-state index is 11.8. The van der Waals surface area contributed by atoms with E-state index in [1.807, 2.05) is 12.1 Å². The Kier molecular flexibility index (Phi) is 9.02. The van der Waals surface area contributed by atoms with Gasteiger partial charge in [-0.1, -0.05) is 0 Å². The zero-order chi connectivity index (χ0) is 18.1. The number of carboxylic acid groups (broad SMARTS) is 1. The van der Waals surface area contributed by atoms with Gasteiger partial charge in [0.15, 0.2) is 6.04 Å². The third-order valence-electron chi connectivity index (χ3n) is 3.28.